The molecule has 0 amide bonds. The molecule has 0 radical (unpaired) electrons. The Kier molecular flexibility index (Phi) is 5.27. The number of carbonyl (C=O) groups excluding carboxylic acids is 1. The molecule has 0 atom stereocenters. The lowest BCUT2D eigenvalue weighted by Crippen LogP contribution is -2.03. The molecular weight excluding hydrogens is 262 g/mol. The fourth-order valence-corrected chi connectivity index (χ4v) is 2.09. The number of aromatic carboxylic acids is 1. The zero-order valence-electron chi connectivity index (χ0n) is 9.70. The molecule has 98 valence electrons. The van der Waals surface area contributed by atoms with Gasteiger partial charge in [0.05, 0.1) is 10.5 Å². The summed E-state index contributed by atoms with van der Waals surface area (Å²) in [6.07, 6.45) is 1.79. The molecule has 0 aliphatic heterocycles. The number of halogens is 2. The van der Waals surface area contributed by atoms with Gasteiger partial charge < -0.3 is 5.11 Å². The van der Waals surface area contributed by atoms with Crippen molar-refractivity contribution in [1.82, 2.24) is 0 Å². The van der Waals surface area contributed by atoms with Crippen molar-refractivity contribution < 1.29 is 23.5 Å². The van der Waals surface area contributed by atoms with E-state index in [0.29, 0.717) is 24.2 Å². The van der Waals surface area contributed by atoms with Crippen molar-refractivity contribution in [1.29, 1.82) is 0 Å². The van der Waals surface area contributed by atoms with Crippen LogP contribution in [0.3, 0.4) is 0 Å². The monoisotopic (exact) mass is 274 g/mol. The van der Waals surface area contributed by atoms with E-state index in [4.69, 9.17) is 5.11 Å². The highest BCUT2D eigenvalue weighted by Crippen LogP contribution is 2.27. The van der Waals surface area contributed by atoms with Gasteiger partial charge in [0.2, 0.25) is 0 Å². The minimum atomic E-state index is -1.49. The summed E-state index contributed by atoms with van der Waals surface area (Å²) in [5, 5.41) is 8.43. The summed E-state index contributed by atoms with van der Waals surface area (Å²) in [4.78, 5) is 22.0. The Hall–Kier alpha value is -1.43. The first-order valence-electron chi connectivity index (χ1n) is 5.38. The molecule has 0 saturated heterocycles. The first-order chi connectivity index (χ1) is 8.45. The van der Waals surface area contributed by atoms with Crippen LogP contribution in [0.15, 0.2) is 17.0 Å². The first-order valence-corrected chi connectivity index (χ1v) is 6.20. The second kappa shape index (κ2) is 6.49. The smallest absolute Gasteiger partial charge is 0.338 e. The van der Waals surface area contributed by atoms with Gasteiger partial charge in [-0.05, 0) is 24.2 Å². The van der Waals surface area contributed by atoms with Gasteiger partial charge in [0, 0.05) is 12.5 Å². The van der Waals surface area contributed by atoms with E-state index in [9.17, 15) is 18.4 Å². The van der Waals surface area contributed by atoms with Crippen molar-refractivity contribution in [2.75, 3.05) is 0 Å². The topological polar surface area (TPSA) is 54.4 Å². The zero-order chi connectivity index (χ0) is 13.7. The molecule has 1 aromatic rings. The third-order valence-corrected chi connectivity index (χ3v) is 3.17. The molecule has 1 N–H and O–H groups in total. The van der Waals surface area contributed by atoms with Crippen LogP contribution < -0.4 is 0 Å². The summed E-state index contributed by atoms with van der Waals surface area (Å²) in [5.41, 5.74) is -0.637. The van der Waals surface area contributed by atoms with E-state index in [0.717, 1.165) is 12.5 Å². The maximum atomic E-state index is 13.4. The van der Waals surface area contributed by atoms with Crippen LogP contribution in [0.4, 0.5) is 8.78 Å². The lowest BCUT2D eigenvalue weighted by molar-refractivity contribution is -0.111. The molecule has 0 fully saturated rings. The quantitative estimate of drug-likeness (QED) is 0.835. The Balaban J connectivity index is 2.92. The molecule has 0 unspecified atom stereocenters. The number of unbranched alkanes of at least 4 members (excludes halogenated alkanes) is 1. The molecule has 0 aliphatic rings. The lowest BCUT2D eigenvalue weighted by Gasteiger charge is -2.04. The van der Waals surface area contributed by atoms with Crippen LogP contribution in [0.25, 0.3) is 0 Å². The van der Waals surface area contributed by atoms with Crippen LogP contribution >= 0.6 is 11.8 Å². The predicted molar refractivity (Wildman–Crippen MR) is 63.7 cm³/mol. The van der Waals surface area contributed by atoms with Gasteiger partial charge in [-0.2, -0.15) is 0 Å². The number of carboxylic acids is 1. The van der Waals surface area contributed by atoms with Crippen molar-refractivity contribution in [2.24, 2.45) is 0 Å². The minimum Gasteiger partial charge on any atom is -0.478 e. The number of hydrogen-bond donors (Lipinski definition) is 1. The molecular formula is C12H12F2O3S. The van der Waals surface area contributed by atoms with Crippen molar-refractivity contribution >= 4 is 22.8 Å². The number of carboxylic acid groups (broad SMARTS) is 1. The summed E-state index contributed by atoms with van der Waals surface area (Å²) >= 11 is 0.607. The Bertz CT molecular complexity index is 475. The van der Waals surface area contributed by atoms with Crippen LogP contribution in [0, 0.1) is 11.6 Å². The van der Waals surface area contributed by atoms with Crippen LogP contribution in [0.2, 0.25) is 0 Å². The molecule has 0 saturated carbocycles. The first kappa shape index (κ1) is 14.6. The Labute approximate surface area is 107 Å². The zero-order valence-corrected chi connectivity index (χ0v) is 10.5. The summed E-state index contributed by atoms with van der Waals surface area (Å²) in [5.74, 6) is -3.56. The molecule has 1 aromatic carbocycles. The van der Waals surface area contributed by atoms with Gasteiger partial charge in [-0.1, -0.05) is 13.3 Å². The van der Waals surface area contributed by atoms with E-state index in [-0.39, 0.29) is 16.4 Å². The number of hydrogen-bond acceptors (Lipinski definition) is 3. The molecule has 0 bridgehead atoms. The summed E-state index contributed by atoms with van der Waals surface area (Å²) in [6.45, 7) is 1.92. The standard InChI is InChI=1S/C12H12F2O3S/c1-2-3-4-11(15)18-10-5-7(12(16)17)8(13)6-9(10)14/h5-6H,2-4H2,1H3,(H,16,17). The van der Waals surface area contributed by atoms with Gasteiger partial charge in [0.1, 0.15) is 11.6 Å². The average molecular weight is 274 g/mol. The maximum absolute atomic E-state index is 13.4. The largest absolute Gasteiger partial charge is 0.478 e. The molecule has 3 nitrogen and oxygen atoms in total. The van der Waals surface area contributed by atoms with Crippen LogP contribution in [0.5, 0.6) is 0 Å². The van der Waals surface area contributed by atoms with Gasteiger partial charge in [-0.25, -0.2) is 13.6 Å². The number of carbonyl (C=O) groups is 2. The number of rotatable bonds is 5. The van der Waals surface area contributed by atoms with E-state index >= 15 is 0 Å². The molecule has 0 heterocycles. The molecule has 18 heavy (non-hydrogen) atoms. The highest BCUT2D eigenvalue weighted by atomic mass is 32.2. The normalized spacial score (nSPS) is 10.4. The second-order valence-corrected chi connectivity index (χ2v) is 4.74. The number of benzene rings is 1. The van der Waals surface area contributed by atoms with Crippen LogP contribution in [-0.2, 0) is 4.79 Å². The Morgan fingerprint density at radius 3 is 2.50 bits per heavy atom. The SMILES string of the molecule is CCCCC(=O)Sc1cc(C(=O)O)c(F)cc1F. The molecule has 6 heteroatoms. The Morgan fingerprint density at radius 1 is 1.28 bits per heavy atom. The minimum absolute atomic E-state index is 0.157. The molecule has 1 rings (SSSR count). The number of thioether (sulfide) groups is 1. The maximum Gasteiger partial charge on any atom is 0.338 e. The van der Waals surface area contributed by atoms with Crippen molar-refractivity contribution in [3.8, 4) is 0 Å². The lowest BCUT2D eigenvalue weighted by atomic mass is 10.2. The van der Waals surface area contributed by atoms with Gasteiger partial charge in [-0.15, -0.1) is 0 Å². The van der Waals surface area contributed by atoms with E-state index in [2.05, 4.69) is 0 Å². The predicted octanol–water partition coefficient (Wildman–Crippen LogP) is 3.47. The van der Waals surface area contributed by atoms with Crippen LogP contribution in [-0.4, -0.2) is 16.2 Å². The van der Waals surface area contributed by atoms with E-state index < -0.39 is 23.2 Å². The van der Waals surface area contributed by atoms with Crippen molar-refractivity contribution in [2.45, 2.75) is 31.1 Å². The van der Waals surface area contributed by atoms with E-state index in [1.807, 2.05) is 6.92 Å². The van der Waals surface area contributed by atoms with Gasteiger partial charge in [0.25, 0.3) is 0 Å². The van der Waals surface area contributed by atoms with Crippen molar-refractivity contribution in [3.63, 3.8) is 0 Å². The molecule has 0 aromatic heterocycles. The van der Waals surface area contributed by atoms with E-state index in [1.165, 1.54) is 0 Å². The van der Waals surface area contributed by atoms with Crippen LogP contribution in [0.1, 0.15) is 36.5 Å². The van der Waals surface area contributed by atoms with E-state index in [1.54, 1.807) is 0 Å². The molecule has 0 spiro atoms. The summed E-state index contributed by atoms with van der Waals surface area (Å²) in [6, 6.07) is 1.33. The highest BCUT2D eigenvalue weighted by Gasteiger charge is 2.17. The molecule has 0 aliphatic carbocycles. The van der Waals surface area contributed by atoms with Gasteiger partial charge in [0.15, 0.2) is 5.12 Å². The third-order valence-electron chi connectivity index (χ3n) is 2.21. The van der Waals surface area contributed by atoms with Gasteiger partial charge in [-0.3, -0.25) is 4.79 Å². The fraction of sp³-hybridized carbons (Fsp3) is 0.333. The Morgan fingerprint density at radius 2 is 1.94 bits per heavy atom. The second-order valence-electron chi connectivity index (χ2n) is 3.65. The third kappa shape index (κ3) is 3.80. The fourth-order valence-electron chi connectivity index (χ4n) is 1.27. The van der Waals surface area contributed by atoms with Gasteiger partial charge >= 0.3 is 5.97 Å². The summed E-state index contributed by atoms with van der Waals surface area (Å²) < 4.78 is 26.5. The van der Waals surface area contributed by atoms with Crippen molar-refractivity contribution in [3.05, 3.63) is 29.3 Å². The summed E-state index contributed by atoms with van der Waals surface area (Å²) in [7, 11) is 0. The average Bonchev–Trinajstić information content (AvgIpc) is 2.29. The highest BCUT2D eigenvalue weighted by molar-refractivity contribution is 8.13.